The molecule has 0 aromatic heterocycles. The molecule has 0 spiro atoms. The van der Waals surface area contributed by atoms with E-state index in [-0.39, 0.29) is 12.3 Å². The van der Waals surface area contributed by atoms with Gasteiger partial charge in [0.05, 0.1) is 0 Å². The molecule has 1 rings (SSSR count). The van der Waals surface area contributed by atoms with Crippen LogP contribution in [0.2, 0.25) is 0 Å². The van der Waals surface area contributed by atoms with Gasteiger partial charge in [-0.2, -0.15) is 13.2 Å². The van der Waals surface area contributed by atoms with Crippen molar-refractivity contribution in [2.24, 2.45) is 0 Å². The van der Waals surface area contributed by atoms with E-state index in [9.17, 15) is 13.2 Å². The lowest BCUT2D eigenvalue weighted by Crippen LogP contribution is -2.19. The predicted molar refractivity (Wildman–Crippen MR) is 46.0 cm³/mol. The van der Waals surface area contributed by atoms with Gasteiger partial charge in [0.15, 0.2) is 6.61 Å². The highest BCUT2D eigenvalue weighted by atomic mass is 19.4. The van der Waals surface area contributed by atoms with Crippen molar-refractivity contribution in [2.75, 3.05) is 6.61 Å². The Hall–Kier alpha value is -1.23. The van der Waals surface area contributed by atoms with Crippen LogP contribution in [0.25, 0.3) is 5.73 Å². The minimum Gasteiger partial charge on any atom is -0.674 e. The fraction of sp³-hybridized carbons (Fsp3) is 0.333. The van der Waals surface area contributed by atoms with Crippen LogP contribution in [0.5, 0.6) is 5.75 Å². The lowest BCUT2D eigenvalue weighted by molar-refractivity contribution is -0.153. The molecule has 14 heavy (non-hydrogen) atoms. The Balaban J connectivity index is 2.67. The van der Waals surface area contributed by atoms with Crippen molar-refractivity contribution in [1.29, 1.82) is 0 Å². The molecule has 1 aromatic rings. The first-order chi connectivity index (χ1) is 6.53. The molecule has 0 bridgehead atoms. The summed E-state index contributed by atoms with van der Waals surface area (Å²) < 4.78 is 40.0. The van der Waals surface area contributed by atoms with Gasteiger partial charge in [-0.1, -0.05) is 18.2 Å². The first kappa shape index (κ1) is 10.8. The Bertz CT molecular complexity index is 298. The van der Waals surface area contributed by atoms with Crippen molar-refractivity contribution in [3.8, 4) is 5.75 Å². The van der Waals surface area contributed by atoms with E-state index >= 15 is 0 Å². The van der Waals surface area contributed by atoms with E-state index in [0.29, 0.717) is 5.56 Å². The van der Waals surface area contributed by atoms with Crippen LogP contribution in [-0.2, 0) is 6.54 Å². The predicted octanol–water partition coefficient (Wildman–Crippen LogP) is 3.18. The highest BCUT2D eigenvalue weighted by Crippen LogP contribution is 2.22. The minimum absolute atomic E-state index is 0.0893. The summed E-state index contributed by atoms with van der Waals surface area (Å²) in [6.07, 6.45) is -4.34. The quantitative estimate of drug-likeness (QED) is 0.744. The second-order valence-corrected chi connectivity index (χ2v) is 2.69. The average Bonchev–Trinajstić information content (AvgIpc) is 2.14. The van der Waals surface area contributed by atoms with Gasteiger partial charge in [0.25, 0.3) is 0 Å². The van der Waals surface area contributed by atoms with Crippen LogP contribution in [0.1, 0.15) is 5.56 Å². The van der Waals surface area contributed by atoms with Crippen molar-refractivity contribution < 1.29 is 17.9 Å². The van der Waals surface area contributed by atoms with Gasteiger partial charge in [-0.3, -0.25) is 0 Å². The summed E-state index contributed by atoms with van der Waals surface area (Å²) >= 11 is 0. The SMILES string of the molecule is [NH-]Cc1ccccc1OCC(F)(F)F. The van der Waals surface area contributed by atoms with Crippen molar-refractivity contribution >= 4 is 0 Å². The number of para-hydroxylation sites is 1. The van der Waals surface area contributed by atoms with Crippen molar-refractivity contribution in [2.45, 2.75) is 12.7 Å². The molecule has 1 N–H and O–H groups in total. The number of hydrogen-bond donors (Lipinski definition) is 0. The molecule has 0 aliphatic rings. The molecular weight excluding hydrogens is 195 g/mol. The Labute approximate surface area is 79.5 Å². The molecule has 78 valence electrons. The summed E-state index contributed by atoms with van der Waals surface area (Å²) in [6, 6.07) is 6.23. The summed E-state index contributed by atoms with van der Waals surface area (Å²) in [5.74, 6) is 0.125. The first-order valence-corrected chi connectivity index (χ1v) is 3.95. The summed E-state index contributed by atoms with van der Waals surface area (Å²) in [5, 5.41) is 0. The molecule has 0 heterocycles. The lowest BCUT2D eigenvalue weighted by Gasteiger charge is -2.13. The molecule has 0 saturated carbocycles. The molecule has 5 heteroatoms. The Morgan fingerprint density at radius 3 is 2.43 bits per heavy atom. The molecule has 0 saturated heterocycles. The standard InChI is InChI=1S/C9H9F3NO/c10-9(11,12)6-14-8-4-2-1-3-7(8)5-13/h1-4,13H,5-6H2/q-1. The van der Waals surface area contributed by atoms with Gasteiger partial charge in [-0.15, -0.1) is 6.54 Å². The highest BCUT2D eigenvalue weighted by molar-refractivity contribution is 5.33. The normalized spacial score (nSPS) is 11.4. The van der Waals surface area contributed by atoms with Crippen molar-refractivity contribution in [3.05, 3.63) is 35.6 Å². The van der Waals surface area contributed by atoms with Crippen LogP contribution in [-0.4, -0.2) is 12.8 Å². The number of rotatable bonds is 3. The lowest BCUT2D eigenvalue weighted by atomic mass is 10.2. The maximum absolute atomic E-state index is 11.8. The van der Waals surface area contributed by atoms with Gasteiger partial charge in [0.1, 0.15) is 5.75 Å². The minimum atomic E-state index is -4.34. The summed E-state index contributed by atoms with van der Waals surface area (Å²) in [5.41, 5.74) is 7.51. The number of nitrogens with one attached hydrogen (secondary N) is 1. The topological polar surface area (TPSA) is 33.0 Å². The second kappa shape index (κ2) is 4.32. The van der Waals surface area contributed by atoms with Crippen molar-refractivity contribution in [1.82, 2.24) is 0 Å². The molecule has 2 nitrogen and oxygen atoms in total. The molecule has 0 aliphatic heterocycles. The molecule has 0 radical (unpaired) electrons. The third-order valence-electron chi connectivity index (χ3n) is 1.55. The molecule has 0 fully saturated rings. The van der Waals surface area contributed by atoms with Crippen LogP contribution in [0.3, 0.4) is 0 Å². The molecule has 0 aliphatic carbocycles. The average molecular weight is 204 g/mol. The fourth-order valence-electron chi connectivity index (χ4n) is 0.950. The van der Waals surface area contributed by atoms with E-state index in [4.69, 9.17) is 5.73 Å². The zero-order chi connectivity index (χ0) is 10.6. The van der Waals surface area contributed by atoms with Crippen LogP contribution >= 0.6 is 0 Å². The Kier molecular flexibility index (Phi) is 3.35. The fourth-order valence-corrected chi connectivity index (χ4v) is 0.950. The third-order valence-corrected chi connectivity index (χ3v) is 1.55. The van der Waals surface area contributed by atoms with E-state index in [1.807, 2.05) is 0 Å². The summed E-state index contributed by atoms with van der Waals surface area (Å²) in [6.45, 7) is -1.40. The summed E-state index contributed by atoms with van der Waals surface area (Å²) in [4.78, 5) is 0. The van der Waals surface area contributed by atoms with Crippen LogP contribution in [0.15, 0.2) is 24.3 Å². The van der Waals surface area contributed by atoms with Gasteiger partial charge in [0, 0.05) is 0 Å². The first-order valence-electron chi connectivity index (χ1n) is 3.95. The molecule has 0 atom stereocenters. The van der Waals surface area contributed by atoms with Gasteiger partial charge in [-0.05, 0) is 11.6 Å². The van der Waals surface area contributed by atoms with Gasteiger partial charge in [-0.25, -0.2) is 0 Å². The highest BCUT2D eigenvalue weighted by Gasteiger charge is 2.28. The van der Waals surface area contributed by atoms with Crippen LogP contribution in [0, 0.1) is 0 Å². The van der Waals surface area contributed by atoms with Gasteiger partial charge >= 0.3 is 6.18 Å². The number of halogens is 3. The smallest absolute Gasteiger partial charge is 0.422 e. The number of alkyl halides is 3. The zero-order valence-corrected chi connectivity index (χ0v) is 7.27. The largest absolute Gasteiger partial charge is 0.674 e. The van der Waals surface area contributed by atoms with Crippen LogP contribution < -0.4 is 4.74 Å². The number of benzene rings is 1. The molecular formula is C9H9F3NO-. The van der Waals surface area contributed by atoms with E-state index in [1.54, 1.807) is 18.2 Å². The maximum atomic E-state index is 11.8. The second-order valence-electron chi connectivity index (χ2n) is 2.69. The maximum Gasteiger partial charge on any atom is 0.422 e. The van der Waals surface area contributed by atoms with Gasteiger partial charge in [0.2, 0.25) is 0 Å². The third kappa shape index (κ3) is 3.26. The Morgan fingerprint density at radius 2 is 1.86 bits per heavy atom. The van der Waals surface area contributed by atoms with E-state index in [1.165, 1.54) is 6.07 Å². The van der Waals surface area contributed by atoms with E-state index in [0.717, 1.165) is 0 Å². The molecule has 0 amide bonds. The van der Waals surface area contributed by atoms with E-state index in [2.05, 4.69) is 4.74 Å². The van der Waals surface area contributed by atoms with Crippen molar-refractivity contribution in [3.63, 3.8) is 0 Å². The van der Waals surface area contributed by atoms with Gasteiger partial charge < -0.3 is 10.5 Å². The molecule has 0 unspecified atom stereocenters. The number of hydrogen-bond acceptors (Lipinski definition) is 1. The van der Waals surface area contributed by atoms with Crippen LogP contribution in [0.4, 0.5) is 13.2 Å². The zero-order valence-electron chi connectivity index (χ0n) is 7.27. The number of ether oxygens (including phenoxy) is 1. The summed E-state index contributed by atoms with van der Waals surface area (Å²) in [7, 11) is 0. The Morgan fingerprint density at radius 1 is 1.21 bits per heavy atom. The molecule has 1 aromatic carbocycles. The van der Waals surface area contributed by atoms with E-state index < -0.39 is 12.8 Å². The monoisotopic (exact) mass is 204 g/mol.